The summed E-state index contributed by atoms with van der Waals surface area (Å²) in [6.45, 7) is 3.58. The molecule has 0 unspecified atom stereocenters. The number of ether oxygens (including phenoxy) is 1. The van der Waals surface area contributed by atoms with Crippen molar-refractivity contribution in [3.63, 3.8) is 0 Å². The van der Waals surface area contributed by atoms with Crippen molar-refractivity contribution in [1.29, 1.82) is 10.5 Å². The van der Waals surface area contributed by atoms with E-state index in [0.29, 0.717) is 12.2 Å². The molecule has 0 heterocycles. The highest BCUT2D eigenvalue weighted by Gasteiger charge is 2.07. The van der Waals surface area contributed by atoms with Crippen molar-refractivity contribution in [2.24, 2.45) is 0 Å². The smallest absolute Gasteiger partial charge is 0.309 e. The van der Waals surface area contributed by atoms with Gasteiger partial charge >= 0.3 is 5.97 Å². The maximum atomic E-state index is 10.9. The Morgan fingerprint density at radius 3 is 2.31 bits per heavy atom. The lowest BCUT2D eigenvalue weighted by Gasteiger charge is -2.00. The number of carbonyl (C=O) groups is 1. The molecule has 68 valence electrons. The van der Waals surface area contributed by atoms with E-state index < -0.39 is 5.97 Å². The van der Waals surface area contributed by atoms with Crippen LogP contribution in [0.1, 0.15) is 20.3 Å². The minimum Gasteiger partial charge on any atom is -0.466 e. The SMILES string of the molecule is CCOC(=O)CC(C)=C(C#N)C#N. The van der Waals surface area contributed by atoms with Crippen molar-refractivity contribution < 1.29 is 9.53 Å². The van der Waals surface area contributed by atoms with Gasteiger partial charge in [0.1, 0.15) is 17.7 Å². The minimum absolute atomic E-state index is 0.00426. The molecule has 0 aliphatic rings. The third kappa shape index (κ3) is 3.93. The van der Waals surface area contributed by atoms with Crippen molar-refractivity contribution in [1.82, 2.24) is 0 Å². The maximum absolute atomic E-state index is 10.9. The summed E-state index contributed by atoms with van der Waals surface area (Å²) in [4.78, 5) is 10.9. The van der Waals surface area contributed by atoms with Crippen molar-refractivity contribution in [2.75, 3.05) is 6.61 Å². The monoisotopic (exact) mass is 178 g/mol. The predicted octanol–water partition coefficient (Wildman–Crippen LogP) is 1.30. The summed E-state index contributed by atoms with van der Waals surface area (Å²) in [5.74, 6) is -0.414. The lowest BCUT2D eigenvalue weighted by molar-refractivity contribution is -0.142. The molecule has 0 aliphatic carbocycles. The largest absolute Gasteiger partial charge is 0.466 e. The fraction of sp³-hybridized carbons (Fsp3) is 0.444. The van der Waals surface area contributed by atoms with Gasteiger partial charge in [-0.05, 0) is 19.4 Å². The Bertz CT molecular complexity index is 289. The van der Waals surface area contributed by atoms with Gasteiger partial charge in [-0.25, -0.2) is 0 Å². The van der Waals surface area contributed by atoms with Gasteiger partial charge in [-0.2, -0.15) is 10.5 Å². The van der Waals surface area contributed by atoms with Crippen LogP contribution in [0.4, 0.5) is 0 Å². The Morgan fingerprint density at radius 2 is 1.92 bits per heavy atom. The Kier molecular flexibility index (Phi) is 4.99. The van der Waals surface area contributed by atoms with E-state index in [1.807, 2.05) is 0 Å². The zero-order valence-corrected chi connectivity index (χ0v) is 7.63. The normalized spacial score (nSPS) is 8.00. The van der Waals surface area contributed by atoms with Crippen LogP contribution in [0.5, 0.6) is 0 Å². The van der Waals surface area contributed by atoms with Crippen LogP contribution in [0.25, 0.3) is 0 Å². The van der Waals surface area contributed by atoms with Gasteiger partial charge in [0.15, 0.2) is 0 Å². The zero-order valence-electron chi connectivity index (χ0n) is 7.63. The van der Waals surface area contributed by atoms with Crippen LogP contribution in [0, 0.1) is 22.7 Å². The molecule has 0 rings (SSSR count). The average molecular weight is 178 g/mol. The summed E-state index contributed by atoms with van der Waals surface area (Å²) in [6.07, 6.45) is 0.00426. The van der Waals surface area contributed by atoms with Crippen LogP contribution >= 0.6 is 0 Å². The molecule has 0 saturated heterocycles. The lowest BCUT2D eigenvalue weighted by atomic mass is 10.1. The van der Waals surface area contributed by atoms with Gasteiger partial charge < -0.3 is 4.74 Å². The van der Waals surface area contributed by atoms with Gasteiger partial charge in [0.05, 0.1) is 13.0 Å². The van der Waals surface area contributed by atoms with Gasteiger partial charge in [-0.1, -0.05) is 0 Å². The van der Waals surface area contributed by atoms with Crippen LogP contribution in [-0.2, 0) is 9.53 Å². The second-order valence-electron chi connectivity index (χ2n) is 2.36. The molecule has 0 radical (unpaired) electrons. The second-order valence-corrected chi connectivity index (χ2v) is 2.36. The molecule has 13 heavy (non-hydrogen) atoms. The fourth-order valence-corrected chi connectivity index (χ4v) is 0.733. The number of carbonyl (C=O) groups excluding carboxylic acids is 1. The molecule has 0 aromatic rings. The van der Waals surface area contributed by atoms with Crippen molar-refractivity contribution in [3.05, 3.63) is 11.1 Å². The molecule has 0 amide bonds. The summed E-state index contributed by atoms with van der Waals surface area (Å²) < 4.78 is 4.66. The molecular formula is C9H10N2O2. The molecule has 0 saturated carbocycles. The topological polar surface area (TPSA) is 73.9 Å². The summed E-state index contributed by atoms with van der Waals surface area (Å²) in [5, 5.41) is 16.9. The molecule has 0 fully saturated rings. The number of nitriles is 2. The van der Waals surface area contributed by atoms with Gasteiger partial charge in [-0.3, -0.25) is 4.79 Å². The van der Waals surface area contributed by atoms with Crippen LogP contribution < -0.4 is 0 Å². The number of esters is 1. The number of allylic oxidation sites excluding steroid dienone is 1. The molecule has 0 aromatic carbocycles. The molecule has 0 aromatic heterocycles. The van der Waals surface area contributed by atoms with E-state index in [2.05, 4.69) is 4.74 Å². The zero-order chi connectivity index (χ0) is 10.3. The first kappa shape index (κ1) is 11.2. The summed E-state index contributed by atoms with van der Waals surface area (Å²) >= 11 is 0. The van der Waals surface area contributed by atoms with Crippen LogP contribution in [-0.4, -0.2) is 12.6 Å². The van der Waals surface area contributed by atoms with Crippen molar-refractivity contribution in [3.8, 4) is 12.1 Å². The first-order chi connectivity index (χ1) is 6.15. The van der Waals surface area contributed by atoms with E-state index in [9.17, 15) is 4.79 Å². The first-order valence-electron chi connectivity index (χ1n) is 3.81. The van der Waals surface area contributed by atoms with Crippen LogP contribution in [0.15, 0.2) is 11.1 Å². The number of hydrogen-bond acceptors (Lipinski definition) is 4. The first-order valence-corrected chi connectivity index (χ1v) is 3.81. The summed E-state index contributed by atoms with van der Waals surface area (Å²) in [5.41, 5.74) is 0.427. The van der Waals surface area contributed by atoms with Crippen LogP contribution in [0.3, 0.4) is 0 Å². The molecular weight excluding hydrogens is 168 g/mol. The molecule has 0 atom stereocenters. The Hall–Kier alpha value is -1.81. The molecule has 0 aliphatic heterocycles. The molecule has 0 spiro atoms. The third-order valence-corrected chi connectivity index (χ3v) is 1.37. The fourth-order valence-electron chi connectivity index (χ4n) is 0.733. The van der Waals surface area contributed by atoms with E-state index in [0.717, 1.165) is 0 Å². The van der Waals surface area contributed by atoms with E-state index >= 15 is 0 Å². The van der Waals surface area contributed by atoms with E-state index in [-0.39, 0.29) is 12.0 Å². The van der Waals surface area contributed by atoms with Gasteiger partial charge in [0, 0.05) is 0 Å². The van der Waals surface area contributed by atoms with Crippen LogP contribution in [0.2, 0.25) is 0 Å². The van der Waals surface area contributed by atoms with Crippen molar-refractivity contribution >= 4 is 5.97 Å². The minimum atomic E-state index is -0.414. The standard InChI is InChI=1S/C9H10N2O2/c1-3-13-9(12)4-7(2)8(5-10)6-11/h3-4H2,1-2H3. The highest BCUT2D eigenvalue weighted by molar-refractivity contribution is 5.73. The number of rotatable bonds is 3. The third-order valence-electron chi connectivity index (χ3n) is 1.37. The summed E-state index contributed by atoms with van der Waals surface area (Å²) in [7, 11) is 0. The molecule has 0 N–H and O–H groups in total. The Morgan fingerprint density at radius 1 is 1.38 bits per heavy atom. The number of nitrogens with zero attached hydrogens (tertiary/aromatic N) is 2. The van der Waals surface area contributed by atoms with E-state index in [4.69, 9.17) is 10.5 Å². The quantitative estimate of drug-likeness (QED) is 0.482. The van der Waals surface area contributed by atoms with E-state index in [1.165, 1.54) is 0 Å². The van der Waals surface area contributed by atoms with Gasteiger partial charge in [-0.15, -0.1) is 0 Å². The van der Waals surface area contributed by atoms with Gasteiger partial charge in [0.2, 0.25) is 0 Å². The lowest BCUT2D eigenvalue weighted by Crippen LogP contribution is -2.04. The molecule has 0 bridgehead atoms. The average Bonchev–Trinajstić information content (AvgIpc) is 2.06. The van der Waals surface area contributed by atoms with E-state index in [1.54, 1.807) is 26.0 Å². The predicted molar refractivity (Wildman–Crippen MR) is 45.2 cm³/mol. The Balaban J connectivity index is 4.39. The van der Waals surface area contributed by atoms with Crippen molar-refractivity contribution in [2.45, 2.75) is 20.3 Å². The second kappa shape index (κ2) is 5.79. The maximum Gasteiger partial charge on any atom is 0.309 e. The number of hydrogen-bond donors (Lipinski definition) is 0. The Labute approximate surface area is 77.0 Å². The summed E-state index contributed by atoms with van der Waals surface area (Å²) in [6, 6.07) is 3.42. The molecule has 4 nitrogen and oxygen atoms in total. The highest BCUT2D eigenvalue weighted by Crippen LogP contribution is 2.07. The highest BCUT2D eigenvalue weighted by atomic mass is 16.5. The molecule has 4 heteroatoms. The van der Waals surface area contributed by atoms with Gasteiger partial charge in [0.25, 0.3) is 0 Å².